The molecule has 1 fully saturated rings. The molecule has 0 N–H and O–H groups in total. The molecule has 98 valence electrons. The van der Waals surface area contributed by atoms with Crippen LogP contribution in [0.25, 0.3) is 0 Å². The van der Waals surface area contributed by atoms with E-state index in [0.717, 1.165) is 28.4 Å². The summed E-state index contributed by atoms with van der Waals surface area (Å²) in [5.41, 5.74) is -0.825. The highest BCUT2D eigenvalue weighted by molar-refractivity contribution is 5.54. The van der Waals surface area contributed by atoms with Crippen molar-refractivity contribution in [3.8, 4) is 0 Å². The number of carbonyl (C=O) groups is 1. The van der Waals surface area contributed by atoms with Gasteiger partial charge in [0.05, 0.1) is 0 Å². The molecule has 1 aromatic heterocycles. The molecular weight excluding hydrogens is 236 g/mol. The topological polar surface area (TPSA) is 77.2 Å². The number of aryl methyl sites for hydroxylation is 1. The molecule has 0 bridgehead atoms. The van der Waals surface area contributed by atoms with Gasteiger partial charge in [-0.2, -0.15) is 0 Å². The van der Waals surface area contributed by atoms with Crippen LogP contribution in [0.15, 0.2) is 9.59 Å². The lowest BCUT2D eigenvalue weighted by atomic mass is 9.99. The van der Waals surface area contributed by atoms with E-state index in [0.29, 0.717) is 13.1 Å². The quantitative estimate of drug-likeness (QED) is 0.624. The minimum atomic E-state index is -0.438. The summed E-state index contributed by atoms with van der Waals surface area (Å²) in [5, 5.41) is 4.02. The van der Waals surface area contributed by atoms with Crippen molar-refractivity contribution in [3.05, 3.63) is 20.8 Å². The number of piperidine rings is 1. The molecule has 0 saturated carbocycles. The molecule has 1 saturated heterocycles. The van der Waals surface area contributed by atoms with Gasteiger partial charge in [0.25, 0.3) is 5.56 Å². The summed E-state index contributed by atoms with van der Waals surface area (Å²) < 4.78 is 2.21. The molecule has 18 heavy (non-hydrogen) atoms. The summed E-state index contributed by atoms with van der Waals surface area (Å²) in [6.45, 7) is 1.23. The first-order valence-electron chi connectivity index (χ1n) is 5.89. The fourth-order valence-electron chi connectivity index (χ4n) is 2.13. The number of nitrogens with zero attached hydrogens (tertiary/aromatic N) is 4. The molecule has 0 atom stereocenters. The van der Waals surface area contributed by atoms with Crippen LogP contribution < -0.4 is 16.1 Å². The molecule has 2 heterocycles. The Kier molecular flexibility index (Phi) is 3.31. The van der Waals surface area contributed by atoms with Crippen molar-refractivity contribution < 1.29 is 4.79 Å². The largest absolute Gasteiger partial charge is 0.351 e. The van der Waals surface area contributed by atoms with E-state index < -0.39 is 5.69 Å². The van der Waals surface area contributed by atoms with Crippen LogP contribution in [0.5, 0.6) is 0 Å². The van der Waals surface area contributed by atoms with Gasteiger partial charge in [0.15, 0.2) is 0 Å². The van der Waals surface area contributed by atoms with Gasteiger partial charge < -0.3 is 9.69 Å². The first-order valence-corrected chi connectivity index (χ1v) is 5.89. The Morgan fingerprint density at radius 1 is 1.22 bits per heavy atom. The van der Waals surface area contributed by atoms with Crippen molar-refractivity contribution in [2.75, 3.05) is 18.0 Å². The monoisotopic (exact) mass is 252 g/mol. The average Bonchev–Trinajstić information content (AvgIpc) is 2.41. The molecule has 0 aliphatic carbocycles. The lowest BCUT2D eigenvalue weighted by molar-refractivity contribution is -0.111. The van der Waals surface area contributed by atoms with Crippen LogP contribution >= 0.6 is 0 Å². The minimum absolute atomic E-state index is 0.0673. The number of carbonyl (C=O) groups excluding carboxylic acids is 1. The normalized spacial score (nSPS) is 16.9. The van der Waals surface area contributed by atoms with Gasteiger partial charge in [-0.3, -0.25) is 9.36 Å². The van der Waals surface area contributed by atoms with E-state index in [1.807, 2.05) is 4.90 Å². The number of hydrogen-bond acceptors (Lipinski definition) is 5. The Labute approximate surface area is 104 Å². The lowest BCUT2D eigenvalue weighted by Gasteiger charge is -2.30. The molecular formula is C11H16N4O3. The Morgan fingerprint density at radius 3 is 2.39 bits per heavy atom. The van der Waals surface area contributed by atoms with E-state index in [2.05, 4.69) is 5.10 Å². The van der Waals surface area contributed by atoms with Crippen molar-refractivity contribution in [1.82, 2.24) is 14.3 Å². The third-order valence-corrected chi connectivity index (χ3v) is 3.34. The summed E-state index contributed by atoms with van der Waals surface area (Å²) in [7, 11) is 2.96. The summed E-state index contributed by atoms with van der Waals surface area (Å²) in [4.78, 5) is 36.0. The van der Waals surface area contributed by atoms with Gasteiger partial charge in [0, 0.05) is 33.1 Å². The SMILES string of the molecule is Cn1nc(N2CCC(C=O)CC2)c(=O)n(C)c1=O. The van der Waals surface area contributed by atoms with E-state index in [1.54, 1.807) is 0 Å². The smallest absolute Gasteiger partial charge is 0.346 e. The van der Waals surface area contributed by atoms with Crippen LogP contribution in [0.3, 0.4) is 0 Å². The molecule has 0 spiro atoms. The predicted octanol–water partition coefficient (Wildman–Crippen LogP) is -1.11. The van der Waals surface area contributed by atoms with Crippen molar-refractivity contribution in [2.45, 2.75) is 12.8 Å². The fraction of sp³-hybridized carbons (Fsp3) is 0.636. The van der Waals surface area contributed by atoms with Crippen LogP contribution in [0.1, 0.15) is 12.8 Å². The van der Waals surface area contributed by atoms with E-state index in [9.17, 15) is 14.4 Å². The number of anilines is 1. The maximum atomic E-state index is 12.0. The maximum absolute atomic E-state index is 12.0. The van der Waals surface area contributed by atoms with Crippen molar-refractivity contribution in [3.63, 3.8) is 0 Å². The van der Waals surface area contributed by atoms with Crippen LogP contribution in [0.2, 0.25) is 0 Å². The van der Waals surface area contributed by atoms with E-state index in [1.165, 1.54) is 14.1 Å². The molecule has 2 rings (SSSR count). The van der Waals surface area contributed by atoms with Gasteiger partial charge in [-0.25, -0.2) is 9.48 Å². The zero-order chi connectivity index (χ0) is 13.3. The van der Waals surface area contributed by atoms with Gasteiger partial charge in [-0.1, -0.05) is 0 Å². The molecule has 7 heteroatoms. The molecule has 1 aliphatic rings. The number of aromatic nitrogens is 3. The molecule has 0 unspecified atom stereocenters. The predicted molar refractivity (Wildman–Crippen MR) is 65.7 cm³/mol. The first-order chi connectivity index (χ1) is 8.54. The number of rotatable bonds is 2. The van der Waals surface area contributed by atoms with Crippen molar-refractivity contribution >= 4 is 12.1 Å². The van der Waals surface area contributed by atoms with Crippen LogP contribution in [-0.2, 0) is 18.9 Å². The fourth-order valence-corrected chi connectivity index (χ4v) is 2.13. The van der Waals surface area contributed by atoms with Gasteiger partial charge in [-0.15, -0.1) is 5.10 Å². The summed E-state index contributed by atoms with van der Waals surface area (Å²) >= 11 is 0. The second-order valence-electron chi connectivity index (χ2n) is 4.55. The van der Waals surface area contributed by atoms with E-state index in [-0.39, 0.29) is 17.3 Å². The molecule has 1 aliphatic heterocycles. The summed E-state index contributed by atoms with van der Waals surface area (Å²) in [5.74, 6) is 0.349. The van der Waals surface area contributed by atoms with E-state index in [4.69, 9.17) is 0 Å². The zero-order valence-corrected chi connectivity index (χ0v) is 10.5. The molecule has 0 amide bonds. The second kappa shape index (κ2) is 4.75. The van der Waals surface area contributed by atoms with Crippen molar-refractivity contribution in [2.24, 2.45) is 20.0 Å². The summed E-state index contributed by atoms with van der Waals surface area (Å²) in [6.07, 6.45) is 2.40. The van der Waals surface area contributed by atoms with Crippen LogP contribution in [0, 0.1) is 5.92 Å². The maximum Gasteiger partial charge on any atom is 0.346 e. The van der Waals surface area contributed by atoms with Gasteiger partial charge in [-0.05, 0) is 12.8 Å². The van der Waals surface area contributed by atoms with E-state index >= 15 is 0 Å². The van der Waals surface area contributed by atoms with Crippen molar-refractivity contribution in [1.29, 1.82) is 0 Å². The van der Waals surface area contributed by atoms with Gasteiger partial charge >= 0.3 is 5.69 Å². The Hall–Kier alpha value is -1.92. The second-order valence-corrected chi connectivity index (χ2v) is 4.55. The Balaban J connectivity index is 2.33. The third-order valence-electron chi connectivity index (χ3n) is 3.34. The zero-order valence-electron chi connectivity index (χ0n) is 10.5. The van der Waals surface area contributed by atoms with Crippen LogP contribution in [-0.4, -0.2) is 33.7 Å². The highest BCUT2D eigenvalue weighted by Crippen LogP contribution is 2.17. The molecule has 7 nitrogen and oxygen atoms in total. The van der Waals surface area contributed by atoms with Crippen LogP contribution in [0.4, 0.5) is 5.82 Å². The molecule has 0 radical (unpaired) electrons. The highest BCUT2D eigenvalue weighted by atomic mass is 16.2. The Bertz CT molecular complexity index is 567. The van der Waals surface area contributed by atoms with Gasteiger partial charge in [0.1, 0.15) is 6.29 Å². The average molecular weight is 252 g/mol. The standard InChI is InChI=1S/C11H16N4O3/c1-13-10(17)9(12-14(2)11(13)18)15-5-3-8(7-16)4-6-15/h7-8H,3-6H2,1-2H3. The molecule has 0 aromatic carbocycles. The molecule has 1 aromatic rings. The van der Waals surface area contributed by atoms with Gasteiger partial charge in [0.2, 0.25) is 5.82 Å². The summed E-state index contributed by atoms with van der Waals surface area (Å²) in [6, 6.07) is 0. The number of hydrogen-bond donors (Lipinski definition) is 0. The minimum Gasteiger partial charge on any atom is -0.351 e. The first kappa shape index (κ1) is 12.5. The third kappa shape index (κ3) is 2.07. The number of aldehydes is 1. The highest BCUT2D eigenvalue weighted by Gasteiger charge is 2.22. The lowest BCUT2D eigenvalue weighted by Crippen LogP contribution is -2.45. The Morgan fingerprint density at radius 2 is 1.83 bits per heavy atom.